The molecule has 0 saturated carbocycles. The van der Waals surface area contributed by atoms with E-state index in [1.807, 2.05) is 13.2 Å². The van der Waals surface area contributed by atoms with E-state index in [4.69, 9.17) is 4.74 Å². The van der Waals surface area contributed by atoms with Crippen LogP contribution >= 0.6 is 0 Å². The first-order valence-corrected chi connectivity index (χ1v) is 5.58. The van der Waals surface area contributed by atoms with Crippen molar-refractivity contribution in [2.24, 2.45) is 7.05 Å². The number of carbonyl (C=O) groups excluding carboxylic acids is 1. The number of nitrogens with zero attached hydrogens (tertiary/aromatic N) is 3. The van der Waals surface area contributed by atoms with Gasteiger partial charge in [-0.15, -0.1) is 0 Å². The van der Waals surface area contributed by atoms with E-state index < -0.39 is 0 Å². The number of ether oxygens (including phenoxy) is 1. The number of anilines is 2. The van der Waals surface area contributed by atoms with Gasteiger partial charge in [0.25, 0.3) is 0 Å². The molecule has 2 aromatic rings. The summed E-state index contributed by atoms with van der Waals surface area (Å²) < 4.78 is 6.57. The van der Waals surface area contributed by atoms with Crippen molar-refractivity contribution in [2.45, 2.75) is 6.92 Å². The molecule has 0 aliphatic rings. The molecule has 0 aliphatic carbocycles. The highest BCUT2D eigenvalue weighted by atomic mass is 16.5. The lowest BCUT2D eigenvalue weighted by Gasteiger charge is -2.04. The maximum Gasteiger partial charge on any atom is 0.339 e. The summed E-state index contributed by atoms with van der Waals surface area (Å²) in [7, 11) is 1.84. The molecule has 18 heavy (non-hydrogen) atoms. The van der Waals surface area contributed by atoms with E-state index >= 15 is 0 Å². The lowest BCUT2D eigenvalue weighted by Crippen LogP contribution is -2.05. The summed E-state index contributed by atoms with van der Waals surface area (Å²) in [5.41, 5.74) is 1.28. The number of nitrogens with one attached hydrogen (secondary N) is 1. The Morgan fingerprint density at radius 2 is 2.28 bits per heavy atom. The SMILES string of the molecule is CCOC(=O)c1ccc(Nc2cnn(C)c2)nc1. The first kappa shape index (κ1) is 12.1. The van der Waals surface area contributed by atoms with Crippen LogP contribution in [0.2, 0.25) is 0 Å². The fourth-order valence-electron chi connectivity index (χ4n) is 1.44. The summed E-state index contributed by atoms with van der Waals surface area (Å²) in [5, 5.41) is 7.11. The molecule has 0 bridgehead atoms. The largest absolute Gasteiger partial charge is 0.462 e. The van der Waals surface area contributed by atoms with Crippen LogP contribution in [0.25, 0.3) is 0 Å². The number of aryl methyl sites for hydroxylation is 1. The van der Waals surface area contributed by atoms with Crippen molar-refractivity contribution in [2.75, 3.05) is 11.9 Å². The van der Waals surface area contributed by atoms with E-state index in [9.17, 15) is 4.79 Å². The minimum absolute atomic E-state index is 0.356. The summed E-state index contributed by atoms with van der Waals surface area (Å²) in [6.45, 7) is 2.12. The zero-order chi connectivity index (χ0) is 13.0. The molecule has 94 valence electrons. The van der Waals surface area contributed by atoms with Gasteiger partial charge in [-0.25, -0.2) is 9.78 Å². The minimum atomic E-state index is -0.363. The molecule has 6 nitrogen and oxygen atoms in total. The van der Waals surface area contributed by atoms with E-state index in [1.54, 1.807) is 29.9 Å². The fourth-order valence-corrected chi connectivity index (χ4v) is 1.44. The number of pyridine rings is 1. The number of rotatable bonds is 4. The molecule has 2 aromatic heterocycles. The van der Waals surface area contributed by atoms with Crippen molar-refractivity contribution in [3.63, 3.8) is 0 Å². The first-order valence-electron chi connectivity index (χ1n) is 5.58. The zero-order valence-corrected chi connectivity index (χ0v) is 10.3. The first-order chi connectivity index (χ1) is 8.69. The van der Waals surface area contributed by atoms with Crippen LogP contribution in [0.3, 0.4) is 0 Å². The standard InChI is InChI=1S/C12H14N4O2/c1-3-18-12(17)9-4-5-11(13-6-9)15-10-7-14-16(2)8-10/h4-8H,3H2,1-2H3,(H,13,15). The Labute approximate surface area is 105 Å². The molecule has 0 aromatic carbocycles. The fraction of sp³-hybridized carbons (Fsp3) is 0.250. The van der Waals surface area contributed by atoms with Gasteiger partial charge in [0.15, 0.2) is 0 Å². The van der Waals surface area contributed by atoms with Crippen molar-refractivity contribution in [3.05, 3.63) is 36.3 Å². The van der Waals surface area contributed by atoms with Crippen LogP contribution in [-0.4, -0.2) is 27.3 Å². The van der Waals surface area contributed by atoms with Gasteiger partial charge in [0.2, 0.25) is 0 Å². The summed E-state index contributed by atoms with van der Waals surface area (Å²) in [4.78, 5) is 15.6. The molecule has 0 saturated heterocycles. The predicted octanol–water partition coefficient (Wildman–Crippen LogP) is 1.74. The van der Waals surface area contributed by atoms with Crippen molar-refractivity contribution in [1.29, 1.82) is 0 Å². The summed E-state index contributed by atoms with van der Waals surface area (Å²) in [5.74, 6) is 0.286. The van der Waals surface area contributed by atoms with Gasteiger partial charge in [-0.3, -0.25) is 4.68 Å². The summed E-state index contributed by atoms with van der Waals surface area (Å²) in [6.07, 6.45) is 5.01. The second kappa shape index (κ2) is 5.31. The maximum absolute atomic E-state index is 11.4. The molecule has 0 atom stereocenters. The molecule has 0 spiro atoms. The van der Waals surface area contributed by atoms with Crippen LogP contribution in [0.4, 0.5) is 11.5 Å². The lowest BCUT2D eigenvalue weighted by atomic mass is 10.3. The molecule has 0 radical (unpaired) electrons. The third kappa shape index (κ3) is 2.85. The number of aromatic nitrogens is 3. The van der Waals surface area contributed by atoms with Crippen LogP contribution in [0.5, 0.6) is 0 Å². The highest BCUT2D eigenvalue weighted by molar-refractivity contribution is 5.89. The molecule has 2 rings (SSSR count). The van der Waals surface area contributed by atoms with E-state index in [0.29, 0.717) is 18.0 Å². The van der Waals surface area contributed by atoms with E-state index in [2.05, 4.69) is 15.4 Å². The average molecular weight is 246 g/mol. The Bertz CT molecular complexity index is 533. The highest BCUT2D eigenvalue weighted by Gasteiger charge is 2.06. The van der Waals surface area contributed by atoms with Gasteiger partial charge in [-0.2, -0.15) is 5.10 Å². The second-order valence-corrected chi connectivity index (χ2v) is 3.68. The Morgan fingerprint density at radius 1 is 1.44 bits per heavy atom. The van der Waals surface area contributed by atoms with Gasteiger partial charge in [0.1, 0.15) is 5.82 Å². The summed E-state index contributed by atoms with van der Waals surface area (Å²) >= 11 is 0. The van der Waals surface area contributed by atoms with Gasteiger partial charge in [0.05, 0.1) is 24.1 Å². The van der Waals surface area contributed by atoms with E-state index in [1.165, 1.54) is 6.20 Å². The zero-order valence-electron chi connectivity index (χ0n) is 10.3. The van der Waals surface area contributed by atoms with Crippen molar-refractivity contribution < 1.29 is 9.53 Å². The van der Waals surface area contributed by atoms with Gasteiger partial charge in [-0.1, -0.05) is 0 Å². The number of hydrogen-bond acceptors (Lipinski definition) is 5. The molecule has 0 unspecified atom stereocenters. The van der Waals surface area contributed by atoms with E-state index in [0.717, 1.165) is 5.69 Å². The topological polar surface area (TPSA) is 69.0 Å². The number of carbonyl (C=O) groups is 1. The van der Waals surface area contributed by atoms with Crippen molar-refractivity contribution in [1.82, 2.24) is 14.8 Å². The quantitative estimate of drug-likeness (QED) is 0.832. The number of hydrogen-bond donors (Lipinski definition) is 1. The number of esters is 1. The molecular formula is C12H14N4O2. The van der Waals surface area contributed by atoms with Crippen LogP contribution in [0, 0.1) is 0 Å². The molecule has 6 heteroatoms. The summed E-state index contributed by atoms with van der Waals surface area (Å²) in [6, 6.07) is 3.39. The van der Waals surface area contributed by atoms with Crippen LogP contribution < -0.4 is 5.32 Å². The third-order valence-corrected chi connectivity index (χ3v) is 2.25. The average Bonchev–Trinajstić information content (AvgIpc) is 2.76. The smallest absolute Gasteiger partial charge is 0.339 e. The van der Waals surface area contributed by atoms with Crippen molar-refractivity contribution in [3.8, 4) is 0 Å². The predicted molar refractivity (Wildman–Crippen MR) is 66.7 cm³/mol. The van der Waals surface area contributed by atoms with Crippen LogP contribution in [0.15, 0.2) is 30.7 Å². The molecule has 1 N–H and O–H groups in total. The van der Waals surface area contributed by atoms with Gasteiger partial charge in [0, 0.05) is 19.4 Å². The van der Waals surface area contributed by atoms with E-state index in [-0.39, 0.29) is 5.97 Å². The van der Waals surface area contributed by atoms with Crippen LogP contribution in [0.1, 0.15) is 17.3 Å². The van der Waals surface area contributed by atoms with Gasteiger partial charge in [-0.05, 0) is 19.1 Å². The van der Waals surface area contributed by atoms with Gasteiger partial charge < -0.3 is 10.1 Å². The van der Waals surface area contributed by atoms with Gasteiger partial charge >= 0.3 is 5.97 Å². The lowest BCUT2D eigenvalue weighted by molar-refractivity contribution is 0.0526. The monoisotopic (exact) mass is 246 g/mol. The molecule has 0 amide bonds. The van der Waals surface area contributed by atoms with Crippen molar-refractivity contribution >= 4 is 17.5 Å². The Morgan fingerprint density at radius 3 is 2.83 bits per heavy atom. The Balaban J connectivity index is 2.05. The normalized spacial score (nSPS) is 10.1. The second-order valence-electron chi connectivity index (χ2n) is 3.68. The maximum atomic E-state index is 11.4. The highest BCUT2D eigenvalue weighted by Crippen LogP contribution is 2.13. The molecule has 2 heterocycles. The van der Waals surface area contributed by atoms with Crippen LogP contribution in [-0.2, 0) is 11.8 Å². The Hall–Kier alpha value is -2.37. The Kier molecular flexibility index (Phi) is 3.57. The third-order valence-electron chi connectivity index (χ3n) is 2.25. The minimum Gasteiger partial charge on any atom is -0.462 e. The molecule has 0 aliphatic heterocycles. The molecule has 0 fully saturated rings. The molecular weight excluding hydrogens is 232 g/mol.